The number of tetrazole rings is 1. The summed E-state index contributed by atoms with van der Waals surface area (Å²) in [6.07, 6.45) is 1.59. The summed E-state index contributed by atoms with van der Waals surface area (Å²) in [7, 11) is 1.65. The Bertz CT molecular complexity index is 1680. The van der Waals surface area contributed by atoms with Crippen LogP contribution in [0.25, 0.3) is 10.9 Å². The predicted molar refractivity (Wildman–Crippen MR) is 154 cm³/mol. The lowest BCUT2D eigenvalue weighted by molar-refractivity contribution is 0.172. The Balaban J connectivity index is 1.32. The van der Waals surface area contributed by atoms with Crippen molar-refractivity contribution < 1.29 is 14.2 Å². The van der Waals surface area contributed by atoms with Gasteiger partial charge in [-0.25, -0.2) is 4.68 Å². The second-order valence-corrected chi connectivity index (χ2v) is 10.1. The molecule has 1 aliphatic rings. The highest BCUT2D eigenvalue weighted by Crippen LogP contribution is 2.35. The first kappa shape index (κ1) is 26.5. The third kappa shape index (κ3) is 5.78. The van der Waals surface area contributed by atoms with Crippen LogP contribution in [0, 0.1) is 0 Å². The zero-order valence-electron chi connectivity index (χ0n) is 23.1. The molecule has 3 heterocycles. The molecule has 10 nitrogen and oxygen atoms in total. The zero-order valence-corrected chi connectivity index (χ0v) is 23.1. The van der Waals surface area contributed by atoms with E-state index in [1.165, 1.54) is 5.56 Å². The van der Waals surface area contributed by atoms with Crippen molar-refractivity contribution in [3.63, 3.8) is 0 Å². The summed E-state index contributed by atoms with van der Waals surface area (Å²) in [6.45, 7) is 3.98. The molecule has 5 aromatic rings. The number of H-pyrrole nitrogens is 1. The van der Waals surface area contributed by atoms with Gasteiger partial charge in [0, 0.05) is 30.1 Å². The van der Waals surface area contributed by atoms with Crippen molar-refractivity contribution in [2.75, 3.05) is 20.4 Å². The van der Waals surface area contributed by atoms with Gasteiger partial charge in [-0.2, -0.15) is 0 Å². The fourth-order valence-corrected chi connectivity index (χ4v) is 5.31. The molecule has 0 fully saturated rings. The van der Waals surface area contributed by atoms with Gasteiger partial charge in [0.15, 0.2) is 17.3 Å². The molecule has 1 N–H and O–H groups in total. The lowest BCUT2D eigenvalue weighted by Crippen LogP contribution is -2.34. The number of ether oxygens (including phenoxy) is 3. The molecule has 0 aliphatic carbocycles. The predicted octanol–water partition coefficient (Wildman–Crippen LogP) is 4.50. The number of hydrogen-bond donors (Lipinski definition) is 1. The van der Waals surface area contributed by atoms with Gasteiger partial charge in [0.2, 0.25) is 6.79 Å². The summed E-state index contributed by atoms with van der Waals surface area (Å²) < 4.78 is 18.2. The first-order chi connectivity index (χ1) is 20.1. The Morgan fingerprint density at radius 1 is 1.02 bits per heavy atom. The van der Waals surface area contributed by atoms with Crippen LogP contribution in [0.15, 0.2) is 77.6 Å². The van der Waals surface area contributed by atoms with Crippen molar-refractivity contribution in [2.45, 2.75) is 38.9 Å². The maximum atomic E-state index is 13.3. The number of rotatable bonds is 11. The van der Waals surface area contributed by atoms with Crippen LogP contribution in [-0.4, -0.2) is 50.5 Å². The SMILES string of the molecule is CC[C@@H](c1nnnn1Cc1ccc(OC)cc1)N(CCc1ccccc1)Cc1cc2cc3c(cc2[nH]c1=O)OCO3. The molecule has 41 heavy (non-hydrogen) atoms. The van der Waals surface area contributed by atoms with E-state index in [9.17, 15) is 4.79 Å². The average molecular weight is 553 g/mol. The number of aromatic nitrogens is 5. The van der Waals surface area contributed by atoms with E-state index in [-0.39, 0.29) is 18.4 Å². The van der Waals surface area contributed by atoms with E-state index in [1.807, 2.05) is 65.3 Å². The Morgan fingerprint density at radius 2 is 1.80 bits per heavy atom. The van der Waals surface area contributed by atoms with Crippen LogP contribution >= 0.6 is 0 Å². The number of aromatic amines is 1. The topological polar surface area (TPSA) is 107 Å². The lowest BCUT2D eigenvalue weighted by atomic mass is 10.1. The molecular formula is C31H32N6O4. The van der Waals surface area contributed by atoms with E-state index >= 15 is 0 Å². The van der Waals surface area contributed by atoms with E-state index in [4.69, 9.17) is 14.2 Å². The third-order valence-electron chi connectivity index (χ3n) is 7.49. The van der Waals surface area contributed by atoms with Crippen molar-refractivity contribution in [2.24, 2.45) is 0 Å². The summed E-state index contributed by atoms with van der Waals surface area (Å²) in [6, 6.07) is 23.8. The van der Waals surface area contributed by atoms with Crippen molar-refractivity contribution >= 4 is 10.9 Å². The molecule has 1 atom stereocenters. The quantitative estimate of drug-likeness (QED) is 0.255. The summed E-state index contributed by atoms with van der Waals surface area (Å²) in [5.41, 5.74) is 3.54. The van der Waals surface area contributed by atoms with Crippen molar-refractivity contribution in [1.29, 1.82) is 0 Å². The molecule has 0 radical (unpaired) electrons. The van der Waals surface area contributed by atoms with Crippen LogP contribution in [-0.2, 0) is 19.5 Å². The second kappa shape index (κ2) is 11.8. The Kier molecular flexibility index (Phi) is 7.64. The molecule has 0 amide bonds. The molecule has 3 aromatic carbocycles. The number of fused-ring (bicyclic) bond motifs is 2. The van der Waals surface area contributed by atoms with Gasteiger partial charge in [-0.05, 0) is 58.7 Å². The maximum Gasteiger partial charge on any atom is 0.252 e. The van der Waals surface area contributed by atoms with Gasteiger partial charge in [0.05, 0.1) is 25.2 Å². The smallest absolute Gasteiger partial charge is 0.252 e. The molecule has 10 heteroatoms. The van der Waals surface area contributed by atoms with E-state index in [1.54, 1.807) is 7.11 Å². The maximum absolute atomic E-state index is 13.3. The molecule has 0 unspecified atom stereocenters. The molecular weight excluding hydrogens is 520 g/mol. The summed E-state index contributed by atoms with van der Waals surface area (Å²) in [5, 5.41) is 13.7. The van der Waals surface area contributed by atoms with Gasteiger partial charge in [0.25, 0.3) is 5.56 Å². The van der Waals surface area contributed by atoms with Crippen LogP contribution in [0.3, 0.4) is 0 Å². The number of nitrogens with zero attached hydrogens (tertiary/aromatic N) is 5. The monoisotopic (exact) mass is 552 g/mol. The zero-order chi connectivity index (χ0) is 28.2. The highest BCUT2D eigenvalue weighted by molar-refractivity contribution is 5.83. The minimum absolute atomic E-state index is 0.112. The molecule has 1 aliphatic heterocycles. The minimum Gasteiger partial charge on any atom is -0.497 e. The number of nitrogens with one attached hydrogen (secondary N) is 1. The third-order valence-corrected chi connectivity index (χ3v) is 7.49. The molecule has 0 spiro atoms. The van der Waals surface area contributed by atoms with Gasteiger partial charge in [-0.1, -0.05) is 49.4 Å². The fourth-order valence-electron chi connectivity index (χ4n) is 5.31. The summed E-state index contributed by atoms with van der Waals surface area (Å²) in [5.74, 6) is 2.88. The summed E-state index contributed by atoms with van der Waals surface area (Å²) >= 11 is 0. The molecule has 0 saturated carbocycles. The van der Waals surface area contributed by atoms with Gasteiger partial charge < -0.3 is 19.2 Å². The number of methoxy groups -OCH3 is 1. The standard InChI is InChI=1S/C31H32N6O4/c1-3-27(30-33-34-35-37(30)18-22-9-11-25(39-2)12-10-22)36(14-13-21-7-5-4-6-8-21)19-24-15-23-16-28-29(41-20-40-28)17-26(23)32-31(24)38/h4-12,15-17,27H,3,13-14,18-20H2,1-2H3,(H,32,38)/t27-/m0/s1. The minimum atomic E-state index is -0.131. The highest BCUT2D eigenvalue weighted by Gasteiger charge is 2.26. The molecule has 0 saturated heterocycles. The van der Waals surface area contributed by atoms with Crippen LogP contribution < -0.4 is 19.8 Å². The van der Waals surface area contributed by atoms with Gasteiger partial charge >= 0.3 is 0 Å². The first-order valence-electron chi connectivity index (χ1n) is 13.7. The fraction of sp³-hybridized carbons (Fsp3) is 0.290. The van der Waals surface area contributed by atoms with E-state index in [0.717, 1.165) is 41.9 Å². The van der Waals surface area contributed by atoms with Crippen molar-refractivity contribution in [1.82, 2.24) is 30.1 Å². The largest absolute Gasteiger partial charge is 0.497 e. The Morgan fingerprint density at radius 3 is 2.56 bits per heavy atom. The average Bonchev–Trinajstić information content (AvgIpc) is 3.65. The molecule has 6 rings (SSSR count). The normalized spacial score (nSPS) is 13.1. The summed E-state index contributed by atoms with van der Waals surface area (Å²) in [4.78, 5) is 18.6. The molecule has 0 bridgehead atoms. The van der Waals surface area contributed by atoms with E-state index in [0.29, 0.717) is 35.7 Å². The van der Waals surface area contributed by atoms with Gasteiger partial charge in [0.1, 0.15) is 5.75 Å². The Labute approximate surface area is 237 Å². The van der Waals surface area contributed by atoms with Crippen LogP contribution in [0.4, 0.5) is 0 Å². The highest BCUT2D eigenvalue weighted by atomic mass is 16.7. The lowest BCUT2D eigenvalue weighted by Gasteiger charge is -2.30. The van der Waals surface area contributed by atoms with Crippen molar-refractivity contribution in [3.05, 3.63) is 106 Å². The van der Waals surface area contributed by atoms with Crippen LogP contribution in [0.5, 0.6) is 17.2 Å². The van der Waals surface area contributed by atoms with E-state index < -0.39 is 0 Å². The number of pyridine rings is 1. The van der Waals surface area contributed by atoms with Crippen molar-refractivity contribution in [3.8, 4) is 17.2 Å². The second-order valence-electron chi connectivity index (χ2n) is 10.1. The van der Waals surface area contributed by atoms with Crippen LogP contribution in [0.2, 0.25) is 0 Å². The molecule has 2 aromatic heterocycles. The number of benzene rings is 3. The molecule has 210 valence electrons. The van der Waals surface area contributed by atoms with Gasteiger partial charge in [-0.3, -0.25) is 9.69 Å². The Hall–Kier alpha value is -4.70. The van der Waals surface area contributed by atoms with E-state index in [2.05, 4.69) is 44.5 Å². The van der Waals surface area contributed by atoms with Crippen LogP contribution in [0.1, 0.15) is 41.9 Å². The first-order valence-corrected chi connectivity index (χ1v) is 13.7. The van der Waals surface area contributed by atoms with Gasteiger partial charge in [-0.15, -0.1) is 5.10 Å². The number of hydrogen-bond acceptors (Lipinski definition) is 8.